The fraction of sp³-hybridized carbons (Fsp3) is 0. The van der Waals surface area contributed by atoms with Crippen LogP contribution in [0.5, 0.6) is 0 Å². The molecule has 0 aromatic carbocycles. The van der Waals surface area contributed by atoms with Crippen LogP contribution in [-0.2, 0) is 0 Å². The summed E-state index contributed by atoms with van der Waals surface area (Å²) in [5.41, 5.74) is 0. The van der Waals surface area contributed by atoms with Crippen molar-refractivity contribution in [1.29, 1.82) is 0 Å². The van der Waals surface area contributed by atoms with Crippen LogP contribution in [0.4, 0.5) is 0 Å². The van der Waals surface area contributed by atoms with Gasteiger partial charge in [0.1, 0.15) is 0 Å². The summed E-state index contributed by atoms with van der Waals surface area (Å²) in [6, 6.07) is 0. The Morgan fingerprint density at radius 1 is 1.00 bits per heavy atom. The summed E-state index contributed by atoms with van der Waals surface area (Å²) in [5.74, 6) is 0. The Kier molecular flexibility index (Phi) is 186. The van der Waals surface area contributed by atoms with Crippen molar-refractivity contribution < 1.29 is 10.1 Å². The number of hydrogen-bond donors (Lipinski definition) is 1. The maximum absolute atomic E-state index is 6.47. The molecule has 0 bridgehead atoms. The molecule has 3 N–H and O–H groups in total. The van der Waals surface area contributed by atoms with E-state index in [-0.39, 0.29) is 64.6 Å². The monoisotopic (exact) mass is 118 g/mol. The molecule has 0 radical (unpaired) electrons. The van der Waals surface area contributed by atoms with Gasteiger partial charge in [-0.15, -0.1) is 0 Å². The molecule has 0 saturated heterocycles. The molecule has 0 atom stereocenters. The van der Waals surface area contributed by atoms with Crippen molar-refractivity contribution in [3.05, 3.63) is 0 Å². The second-order valence-corrected chi connectivity index (χ2v) is 0. The molecule has 0 aliphatic carbocycles. The van der Waals surface area contributed by atoms with Crippen molar-refractivity contribution in [2.75, 3.05) is 0 Å². The van der Waals surface area contributed by atoms with Gasteiger partial charge in [-0.25, -0.2) is 0 Å². The molecule has 0 aromatic rings. The summed E-state index contributed by atoms with van der Waals surface area (Å²) in [7, 11) is 0. The maximum atomic E-state index is 6.47. The van der Waals surface area contributed by atoms with Crippen LogP contribution in [0.3, 0.4) is 0 Å². The molecular formula is H5ClNa2O2. The average Bonchev–Trinajstić information content (AvgIpc) is 1.00. The third kappa shape index (κ3) is 22.5. The fourth-order valence-electron chi connectivity index (χ4n) is 0. The van der Waals surface area contributed by atoms with Crippen molar-refractivity contribution in [2.45, 2.75) is 0 Å². The van der Waals surface area contributed by atoms with Gasteiger partial charge in [-0.1, -0.05) is 0 Å². The number of rotatable bonds is 0. The van der Waals surface area contributed by atoms with E-state index in [9.17, 15) is 0 Å². The molecule has 26 valence electrons. The van der Waals surface area contributed by atoms with Crippen LogP contribution in [0.25, 0.3) is 0 Å². The SMILES string of the molecule is O.OCl.[NaH].[NaH]. The molecular weight excluding hydrogens is 113 g/mol. The first-order valence-corrected chi connectivity index (χ1v) is 0.507. The van der Waals surface area contributed by atoms with E-state index in [1.54, 1.807) is 0 Å². The summed E-state index contributed by atoms with van der Waals surface area (Å²) in [6.07, 6.45) is 0. The zero-order valence-corrected chi connectivity index (χ0v) is 2.08. The third-order valence-corrected chi connectivity index (χ3v) is 0. The standard InChI is InChI=1S/ClHO.2Na.H2O.2H/c1-2;;;;;/h2H;;;1H2;;. The van der Waals surface area contributed by atoms with E-state index in [0.29, 0.717) is 0 Å². The molecule has 0 unspecified atom stereocenters. The van der Waals surface area contributed by atoms with Crippen molar-refractivity contribution >= 4 is 71.0 Å². The zero-order valence-electron chi connectivity index (χ0n) is 1.33. The van der Waals surface area contributed by atoms with Gasteiger partial charge in [-0.3, -0.25) is 4.66 Å². The van der Waals surface area contributed by atoms with Crippen molar-refractivity contribution in [3.8, 4) is 0 Å². The molecule has 0 spiro atoms. The Bertz CT molecular complexity index is 7.61. The Labute approximate surface area is 80.0 Å². The van der Waals surface area contributed by atoms with E-state index in [1.165, 1.54) is 0 Å². The van der Waals surface area contributed by atoms with Gasteiger partial charge < -0.3 is 5.48 Å². The Morgan fingerprint density at radius 3 is 1.00 bits per heavy atom. The number of hydrogen-bond acceptors (Lipinski definition) is 1. The number of halogens is 1. The minimum atomic E-state index is 0. The van der Waals surface area contributed by atoms with E-state index < -0.39 is 0 Å². The van der Waals surface area contributed by atoms with Gasteiger partial charge >= 0.3 is 59.1 Å². The molecule has 0 rings (SSSR count). The van der Waals surface area contributed by atoms with E-state index in [2.05, 4.69) is 11.9 Å². The first kappa shape index (κ1) is 27.0. The van der Waals surface area contributed by atoms with Crippen molar-refractivity contribution in [2.24, 2.45) is 0 Å². The van der Waals surface area contributed by atoms with Crippen LogP contribution in [0.15, 0.2) is 0 Å². The van der Waals surface area contributed by atoms with E-state index >= 15 is 0 Å². The Hall–Kier alpha value is 2.21. The first-order valence-electron chi connectivity index (χ1n) is 0.169. The molecule has 0 amide bonds. The van der Waals surface area contributed by atoms with Gasteiger partial charge in [0.15, 0.2) is 0 Å². The topological polar surface area (TPSA) is 51.7 Å². The summed E-state index contributed by atoms with van der Waals surface area (Å²) in [4.78, 5) is 0. The van der Waals surface area contributed by atoms with Crippen LogP contribution in [-0.4, -0.2) is 69.2 Å². The predicted molar refractivity (Wildman–Crippen MR) is 26.0 cm³/mol. The summed E-state index contributed by atoms with van der Waals surface area (Å²) >= 11 is 3.64. The molecule has 2 nitrogen and oxygen atoms in total. The van der Waals surface area contributed by atoms with Gasteiger partial charge in [0, 0.05) is 0 Å². The summed E-state index contributed by atoms with van der Waals surface area (Å²) < 4.78 is 6.47. The molecule has 0 aliphatic heterocycles. The quantitative estimate of drug-likeness (QED) is 0.368. The minimum absolute atomic E-state index is 0. The van der Waals surface area contributed by atoms with Crippen LogP contribution in [0.1, 0.15) is 0 Å². The summed E-state index contributed by atoms with van der Waals surface area (Å²) in [6.45, 7) is 0. The Balaban J connectivity index is -0.00000000167. The van der Waals surface area contributed by atoms with Gasteiger partial charge in [0.05, 0.1) is 11.9 Å². The normalized spacial score (nSPS) is 1.20. The zero-order chi connectivity index (χ0) is 2.00. The molecule has 0 aromatic heterocycles. The molecule has 5 heteroatoms. The van der Waals surface area contributed by atoms with Gasteiger partial charge in [-0.05, 0) is 0 Å². The van der Waals surface area contributed by atoms with E-state index in [4.69, 9.17) is 4.66 Å². The second-order valence-electron chi connectivity index (χ2n) is 0. The van der Waals surface area contributed by atoms with Crippen molar-refractivity contribution in [3.63, 3.8) is 0 Å². The van der Waals surface area contributed by atoms with Crippen LogP contribution >= 0.6 is 11.9 Å². The van der Waals surface area contributed by atoms with Gasteiger partial charge in [-0.2, -0.15) is 0 Å². The molecule has 0 heterocycles. The molecule has 0 aliphatic rings. The van der Waals surface area contributed by atoms with Crippen LogP contribution < -0.4 is 0 Å². The third-order valence-electron chi connectivity index (χ3n) is 0. The summed E-state index contributed by atoms with van der Waals surface area (Å²) in [5, 5.41) is 0. The van der Waals surface area contributed by atoms with E-state index in [0.717, 1.165) is 0 Å². The van der Waals surface area contributed by atoms with Crippen LogP contribution in [0, 0.1) is 0 Å². The fourth-order valence-corrected chi connectivity index (χ4v) is 0. The van der Waals surface area contributed by atoms with Crippen LogP contribution in [0.2, 0.25) is 0 Å². The molecule has 5 heavy (non-hydrogen) atoms. The Morgan fingerprint density at radius 2 is 1.00 bits per heavy atom. The average molecular weight is 118 g/mol. The van der Waals surface area contributed by atoms with Crippen molar-refractivity contribution in [1.82, 2.24) is 0 Å². The predicted octanol–water partition coefficient (Wildman–Crippen LogP) is -1.99. The van der Waals surface area contributed by atoms with Gasteiger partial charge in [0.2, 0.25) is 0 Å². The molecule has 0 saturated carbocycles. The van der Waals surface area contributed by atoms with E-state index in [1.807, 2.05) is 0 Å². The second kappa shape index (κ2) is 34.5. The van der Waals surface area contributed by atoms with Gasteiger partial charge in [0.25, 0.3) is 0 Å². The molecule has 0 fully saturated rings. The first-order chi connectivity index (χ1) is 1.00.